The Morgan fingerprint density at radius 1 is 1.21 bits per heavy atom. The van der Waals surface area contributed by atoms with Gasteiger partial charge in [-0.3, -0.25) is 0 Å². The van der Waals surface area contributed by atoms with Gasteiger partial charge in [0.15, 0.2) is 0 Å². The number of alkyl halides is 3. The number of aryl methyl sites for hydroxylation is 1. The topological polar surface area (TPSA) is 17.1 Å². The van der Waals surface area contributed by atoms with Crippen molar-refractivity contribution in [1.82, 2.24) is 0 Å². The Morgan fingerprint density at radius 2 is 1.71 bits per heavy atom. The molecule has 14 heavy (non-hydrogen) atoms. The zero-order valence-corrected chi connectivity index (χ0v) is 9.18. The SMILES string of the molecule is Cc1ccc([Se](=O)CC(F)(F)F)cc1. The van der Waals surface area contributed by atoms with Gasteiger partial charge in [-0.1, -0.05) is 0 Å². The van der Waals surface area contributed by atoms with Crippen LogP contribution in [-0.4, -0.2) is 20.0 Å². The minimum absolute atomic E-state index is 0.313. The Labute approximate surface area is 84.0 Å². The van der Waals surface area contributed by atoms with Gasteiger partial charge in [-0.2, -0.15) is 0 Å². The molecule has 1 rings (SSSR count). The van der Waals surface area contributed by atoms with Crippen LogP contribution in [0.4, 0.5) is 13.2 Å². The number of hydrogen-bond acceptors (Lipinski definition) is 1. The molecule has 1 aromatic carbocycles. The molecule has 0 saturated carbocycles. The molecular weight excluding hydrogens is 260 g/mol. The van der Waals surface area contributed by atoms with E-state index in [1.165, 1.54) is 12.1 Å². The molecule has 0 radical (unpaired) electrons. The van der Waals surface area contributed by atoms with Crippen LogP contribution in [0.2, 0.25) is 5.32 Å². The van der Waals surface area contributed by atoms with Gasteiger partial charge in [0, 0.05) is 0 Å². The first-order valence-corrected chi connectivity index (χ1v) is 6.67. The fourth-order valence-electron chi connectivity index (χ4n) is 0.922. The maximum absolute atomic E-state index is 11.9. The minimum atomic E-state index is -4.34. The summed E-state index contributed by atoms with van der Waals surface area (Å²) in [5.74, 6) is 0. The molecule has 1 nitrogen and oxygen atoms in total. The van der Waals surface area contributed by atoms with Crippen molar-refractivity contribution in [3.05, 3.63) is 29.8 Å². The molecule has 0 spiro atoms. The van der Waals surface area contributed by atoms with E-state index in [1.54, 1.807) is 12.1 Å². The predicted octanol–water partition coefficient (Wildman–Crippen LogP) is 2.19. The van der Waals surface area contributed by atoms with E-state index in [0.717, 1.165) is 5.56 Å². The van der Waals surface area contributed by atoms with E-state index in [9.17, 15) is 17.0 Å². The van der Waals surface area contributed by atoms with Gasteiger partial charge < -0.3 is 0 Å². The van der Waals surface area contributed by atoms with Crippen molar-refractivity contribution in [2.24, 2.45) is 0 Å². The number of benzene rings is 1. The summed E-state index contributed by atoms with van der Waals surface area (Å²) < 4.78 is 47.3. The van der Waals surface area contributed by atoms with Crippen LogP contribution in [-0.2, 0) is 3.83 Å². The fourth-order valence-corrected chi connectivity index (χ4v) is 2.82. The Morgan fingerprint density at radius 3 is 2.14 bits per heavy atom. The van der Waals surface area contributed by atoms with Crippen molar-refractivity contribution in [2.75, 3.05) is 0 Å². The third-order valence-corrected chi connectivity index (χ3v) is 4.49. The van der Waals surface area contributed by atoms with Gasteiger partial charge in [0.1, 0.15) is 0 Å². The van der Waals surface area contributed by atoms with Gasteiger partial charge in [-0.05, 0) is 0 Å². The summed E-state index contributed by atoms with van der Waals surface area (Å²) in [5.41, 5.74) is 0.944. The average molecular weight is 269 g/mol. The van der Waals surface area contributed by atoms with E-state index in [4.69, 9.17) is 0 Å². The number of rotatable bonds is 2. The van der Waals surface area contributed by atoms with Crippen LogP contribution in [0.15, 0.2) is 24.3 Å². The Bertz CT molecular complexity index is 329. The molecule has 5 heteroatoms. The molecule has 0 heterocycles. The van der Waals surface area contributed by atoms with Crippen molar-refractivity contribution in [3.8, 4) is 0 Å². The van der Waals surface area contributed by atoms with Gasteiger partial charge in [0.2, 0.25) is 0 Å². The Kier molecular flexibility index (Phi) is 3.45. The van der Waals surface area contributed by atoms with Crippen LogP contribution in [0.3, 0.4) is 0 Å². The summed E-state index contributed by atoms with van der Waals surface area (Å²) in [4.78, 5) is 0. The van der Waals surface area contributed by atoms with E-state index in [-0.39, 0.29) is 0 Å². The molecule has 1 aromatic rings. The molecule has 0 aromatic heterocycles. The Balaban J connectivity index is 2.76. The van der Waals surface area contributed by atoms with Crippen LogP contribution in [0.1, 0.15) is 5.56 Å². The van der Waals surface area contributed by atoms with Crippen molar-refractivity contribution in [1.29, 1.82) is 0 Å². The molecule has 1 atom stereocenters. The van der Waals surface area contributed by atoms with E-state index < -0.39 is 25.3 Å². The van der Waals surface area contributed by atoms with Gasteiger partial charge >= 0.3 is 83.5 Å². The second-order valence-corrected chi connectivity index (χ2v) is 5.96. The first kappa shape index (κ1) is 11.4. The molecule has 0 aliphatic rings. The van der Waals surface area contributed by atoms with Gasteiger partial charge in [-0.25, -0.2) is 0 Å². The summed E-state index contributed by atoms with van der Waals surface area (Å²) in [6, 6.07) is 6.33. The summed E-state index contributed by atoms with van der Waals surface area (Å²) in [5, 5.41) is -1.18. The normalized spacial score (nSPS) is 14.0. The molecule has 0 bridgehead atoms. The van der Waals surface area contributed by atoms with Gasteiger partial charge in [0.25, 0.3) is 0 Å². The molecule has 0 fully saturated rings. The summed E-state index contributed by atoms with van der Waals surface area (Å²) in [6.45, 7) is 1.83. The van der Waals surface area contributed by atoms with E-state index in [0.29, 0.717) is 4.46 Å². The quantitative estimate of drug-likeness (QED) is 0.752. The molecule has 0 amide bonds. The molecule has 78 valence electrons. The Hall–Kier alpha value is -0.671. The van der Waals surface area contributed by atoms with Crippen molar-refractivity contribution in [2.45, 2.75) is 18.4 Å². The molecule has 1 unspecified atom stereocenters. The second kappa shape index (κ2) is 4.24. The van der Waals surface area contributed by atoms with E-state index in [2.05, 4.69) is 0 Å². The maximum atomic E-state index is 11.9. The van der Waals surface area contributed by atoms with Crippen LogP contribution < -0.4 is 4.46 Å². The van der Waals surface area contributed by atoms with Crippen LogP contribution in [0.5, 0.6) is 0 Å². The van der Waals surface area contributed by atoms with Crippen LogP contribution in [0.25, 0.3) is 0 Å². The number of halogens is 3. The predicted molar refractivity (Wildman–Crippen MR) is 48.1 cm³/mol. The van der Waals surface area contributed by atoms with Crippen LogP contribution in [0, 0.1) is 6.92 Å². The monoisotopic (exact) mass is 270 g/mol. The zero-order chi connectivity index (χ0) is 10.8. The van der Waals surface area contributed by atoms with E-state index in [1.807, 2.05) is 6.92 Å². The first-order chi connectivity index (χ1) is 6.38. The van der Waals surface area contributed by atoms with Crippen molar-refractivity contribution in [3.63, 3.8) is 0 Å². The third kappa shape index (κ3) is 3.60. The summed E-state index contributed by atoms with van der Waals surface area (Å²) in [7, 11) is 0. The van der Waals surface area contributed by atoms with E-state index >= 15 is 0 Å². The summed E-state index contributed by atoms with van der Waals surface area (Å²) in [6.07, 6.45) is -4.34. The van der Waals surface area contributed by atoms with Gasteiger partial charge in [0.05, 0.1) is 0 Å². The average Bonchev–Trinajstić information content (AvgIpc) is 2.02. The molecule has 0 N–H and O–H groups in total. The fraction of sp³-hybridized carbons (Fsp3) is 0.333. The number of hydrogen-bond donors (Lipinski definition) is 0. The van der Waals surface area contributed by atoms with Gasteiger partial charge in [-0.15, -0.1) is 0 Å². The standard InChI is InChI=1S/C9H9F3OSe/c1-7-2-4-8(5-3-7)14(13)6-9(10,11)12/h2-5H,6H2,1H3. The first-order valence-electron chi connectivity index (χ1n) is 3.90. The van der Waals surface area contributed by atoms with Crippen LogP contribution >= 0.6 is 0 Å². The molecule has 0 saturated heterocycles. The molecule has 0 aliphatic heterocycles. The second-order valence-electron chi connectivity index (χ2n) is 2.92. The van der Waals surface area contributed by atoms with Crippen molar-refractivity contribution < 1.29 is 17.0 Å². The van der Waals surface area contributed by atoms with Crippen molar-refractivity contribution >= 4 is 18.3 Å². The zero-order valence-electron chi connectivity index (χ0n) is 7.47. The molecular formula is C9H9F3OSe. The third-order valence-electron chi connectivity index (χ3n) is 1.58. The molecule has 0 aliphatic carbocycles. The summed E-state index contributed by atoms with van der Waals surface area (Å²) >= 11 is -2.94.